The Bertz CT molecular complexity index is 980. The standard InChI is InChI=1S/C25H26ClNO4/c26-20-7-5-19(6-8-20)25(14-15-25)22(28)11-9-21-10-12-23(29)27(21)16-13-17-1-3-18(4-2-17)24(30)31/h1-9,11,21-22,28H,10,12-16H2,(H,30,31)/b11-9+/t21-,22-/m0/s1. The summed E-state index contributed by atoms with van der Waals surface area (Å²) < 4.78 is 0. The quantitative estimate of drug-likeness (QED) is 0.603. The van der Waals surface area contributed by atoms with Gasteiger partial charge in [0.15, 0.2) is 0 Å². The maximum absolute atomic E-state index is 12.4. The smallest absolute Gasteiger partial charge is 0.335 e. The summed E-state index contributed by atoms with van der Waals surface area (Å²) in [5.74, 6) is -0.831. The van der Waals surface area contributed by atoms with Crippen molar-refractivity contribution in [2.24, 2.45) is 0 Å². The SMILES string of the molecule is O=C(O)c1ccc(CCN2C(=O)CC[C@@H]2/C=C/[C@H](O)C2(c3ccc(Cl)cc3)CC2)cc1. The lowest BCUT2D eigenvalue weighted by atomic mass is 9.89. The van der Waals surface area contributed by atoms with Gasteiger partial charge in [0.25, 0.3) is 0 Å². The zero-order valence-electron chi connectivity index (χ0n) is 17.2. The molecule has 1 aliphatic carbocycles. The maximum atomic E-state index is 12.4. The molecule has 2 atom stereocenters. The highest BCUT2D eigenvalue weighted by molar-refractivity contribution is 6.30. The van der Waals surface area contributed by atoms with E-state index in [4.69, 9.17) is 16.7 Å². The molecule has 162 valence electrons. The second-order valence-corrected chi connectivity index (χ2v) is 8.87. The first kappa shape index (κ1) is 21.6. The van der Waals surface area contributed by atoms with Crippen LogP contribution in [0.4, 0.5) is 0 Å². The summed E-state index contributed by atoms with van der Waals surface area (Å²) in [5, 5.41) is 20.6. The van der Waals surface area contributed by atoms with E-state index in [-0.39, 0.29) is 22.9 Å². The molecule has 31 heavy (non-hydrogen) atoms. The molecule has 1 saturated carbocycles. The van der Waals surface area contributed by atoms with Crippen LogP contribution in [0.25, 0.3) is 0 Å². The van der Waals surface area contributed by atoms with Gasteiger partial charge in [-0.15, -0.1) is 0 Å². The normalized spacial score (nSPS) is 20.9. The number of halogens is 1. The van der Waals surface area contributed by atoms with Crippen molar-refractivity contribution in [3.8, 4) is 0 Å². The number of aliphatic hydroxyl groups is 1. The second-order valence-electron chi connectivity index (χ2n) is 8.44. The molecular formula is C25H26ClNO4. The Morgan fingerprint density at radius 3 is 2.45 bits per heavy atom. The van der Waals surface area contributed by atoms with Gasteiger partial charge in [-0.2, -0.15) is 0 Å². The molecule has 5 nitrogen and oxygen atoms in total. The van der Waals surface area contributed by atoms with Gasteiger partial charge < -0.3 is 15.1 Å². The fourth-order valence-electron chi connectivity index (χ4n) is 4.40. The van der Waals surface area contributed by atoms with Crippen LogP contribution in [-0.4, -0.2) is 45.7 Å². The Labute approximate surface area is 187 Å². The first-order valence-electron chi connectivity index (χ1n) is 10.6. The first-order valence-corrected chi connectivity index (χ1v) is 11.0. The summed E-state index contributed by atoms with van der Waals surface area (Å²) in [6.07, 6.45) is 6.99. The molecule has 2 aromatic carbocycles. The highest BCUT2D eigenvalue weighted by atomic mass is 35.5. The van der Waals surface area contributed by atoms with Gasteiger partial charge in [0.2, 0.25) is 5.91 Å². The van der Waals surface area contributed by atoms with E-state index in [1.807, 2.05) is 41.3 Å². The average molecular weight is 440 g/mol. The predicted octanol–water partition coefficient (Wildman–Crippen LogP) is 4.22. The van der Waals surface area contributed by atoms with Gasteiger partial charge in [-0.25, -0.2) is 4.79 Å². The third-order valence-electron chi connectivity index (χ3n) is 6.51. The van der Waals surface area contributed by atoms with Gasteiger partial charge in [-0.05, 0) is 61.1 Å². The Morgan fingerprint density at radius 1 is 1.16 bits per heavy atom. The summed E-state index contributed by atoms with van der Waals surface area (Å²) in [5.41, 5.74) is 2.09. The molecule has 0 unspecified atom stereocenters. The van der Waals surface area contributed by atoms with Gasteiger partial charge in [0, 0.05) is 23.4 Å². The van der Waals surface area contributed by atoms with Crippen LogP contribution in [0.2, 0.25) is 5.02 Å². The monoisotopic (exact) mass is 439 g/mol. The van der Waals surface area contributed by atoms with Crippen molar-refractivity contribution in [2.45, 2.75) is 49.7 Å². The number of aliphatic hydroxyl groups excluding tert-OH is 1. The number of aromatic carboxylic acids is 1. The van der Waals surface area contributed by atoms with Crippen molar-refractivity contribution < 1.29 is 19.8 Å². The molecule has 4 rings (SSSR count). The minimum atomic E-state index is -0.947. The number of nitrogens with zero attached hydrogens (tertiary/aromatic N) is 1. The minimum absolute atomic E-state index is 0.0264. The van der Waals surface area contributed by atoms with Gasteiger partial charge in [0.1, 0.15) is 0 Å². The molecule has 2 aliphatic rings. The third kappa shape index (κ3) is 4.68. The Morgan fingerprint density at radius 2 is 1.84 bits per heavy atom. The molecule has 0 aromatic heterocycles. The molecule has 1 heterocycles. The highest BCUT2D eigenvalue weighted by Crippen LogP contribution is 2.51. The van der Waals surface area contributed by atoms with Crippen LogP contribution in [0.3, 0.4) is 0 Å². The van der Waals surface area contributed by atoms with Crippen LogP contribution >= 0.6 is 11.6 Å². The third-order valence-corrected chi connectivity index (χ3v) is 6.76. The number of rotatable bonds is 8. The van der Waals surface area contributed by atoms with E-state index in [1.165, 1.54) is 0 Å². The number of carboxylic acid groups (broad SMARTS) is 1. The Hall–Kier alpha value is -2.63. The van der Waals surface area contributed by atoms with Gasteiger partial charge in [-0.1, -0.05) is 48.0 Å². The van der Waals surface area contributed by atoms with Crippen molar-refractivity contribution in [1.82, 2.24) is 4.90 Å². The van der Waals surface area contributed by atoms with E-state index in [0.29, 0.717) is 24.4 Å². The van der Waals surface area contributed by atoms with E-state index in [2.05, 4.69) is 0 Å². The number of benzene rings is 2. The number of hydrogen-bond donors (Lipinski definition) is 2. The van der Waals surface area contributed by atoms with Crippen LogP contribution in [0, 0.1) is 0 Å². The molecule has 1 amide bonds. The lowest BCUT2D eigenvalue weighted by molar-refractivity contribution is -0.128. The van der Waals surface area contributed by atoms with Crippen molar-refractivity contribution in [2.75, 3.05) is 6.54 Å². The van der Waals surface area contributed by atoms with Gasteiger partial charge in [0.05, 0.1) is 17.7 Å². The summed E-state index contributed by atoms with van der Waals surface area (Å²) in [4.78, 5) is 25.2. The maximum Gasteiger partial charge on any atom is 0.335 e. The van der Waals surface area contributed by atoms with Crippen LogP contribution in [0.5, 0.6) is 0 Å². The molecule has 1 aliphatic heterocycles. The first-order chi connectivity index (χ1) is 14.9. The lowest BCUT2D eigenvalue weighted by Crippen LogP contribution is -2.34. The van der Waals surface area contributed by atoms with Crippen LogP contribution in [0.1, 0.15) is 47.2 Å². The largest absolute Gasteiger partial charge is 0.478 e. The molecule has 6 heteroatoms. The van der Waals surface area contributed by atoms with E-state index in [9.17, 15) is 14.7 Å². The Kier molecular flexibility index (Phi) is 6.17. The topological polar surface area (TPSA) is 77.8 Å². The van der Waals surface area contributed by atoms with E-state index >= 15 is 0 Å². The molecule has 2 aromatic rings. The fourth-order valence-corrected chi connectivity index (χ4v) is 4.53. The fraction of sp³-hybridized carbons (Fsp3) is 0.360. The number of hydrogen-bond acceptors (Lipinski definition) is 3. The van der Waals surface area contributed by atoms with E-state index in [0.717, 1.165) is 30.4 Å². The number of carbonyl (C=O) groups excluding carboxylic acids is 1. The van der Waals surface area contributed by atoms with Gasteiger partial charge >= 0.3 is 5.97 Å². The molecular weight excluding hydrogens is 414 g/mol. The summed E-state index contributed by atoms with van der Waals surface area (Å²) in [6.45, 7) is 0.568. The number of amides is 1. The summed E-state index contributed by atoms with van der Waals surface area (Å²) >= 11 is 5.99. The number of carbonyl (C=O) groups is 2. The zero-order chi connectivity index (χ0) is 22.0. The Balaban J connectivity index is 1.39. The van der Waals surface area contributed by atoms with E-state index < -0.39 is 12.1 Å². The van der Waals surface area contributed by atoms with Crippen LogP contribution in [-0.2, 0) is 16.6 Å². The summed E-state index contributed by atoms with van der Waals surface area (Å²) in [6, 6.07) is 14.4. The average Bonchev–Trinajstić information content (AvgIpc) is 3.50. The molecule has 0 spiro atoms. The van der Waals surface area contributed by atoms with Crippen molar-refractivity contribution >= 4 is 23.5 Å². The summed E-state index contributed by atoms with van der Waals surface area (Å²) in [7, 11) is 0. The van der Waals surface area contributed by atoms with Crippen molar-refractivity contribution in [3.05, 3.63) is 82.4 Å². The van der Waals surface area contributed by atoms with Crippen molar-refractivity contribution in [3.63, 3.8) is 0 Å². The number of carboxylic acids is 1. The predicted molar refractivity (Wildman–Crippen MR) is 119 cm³/mol. The van der Waals surface area contributed by atoms with Crippen LogP contribution < -0.4 is 0 Å². The van der Waals surface area contributed by atoms with E-state index in [1.54, 1.807) is 24.3 Å². The molecule has 0 radical (unpaired) electrons. The second kappa shape index (κ2) is 8.85. The van der Waals surface area contributed by atoms with Gasteiger partial charge in [-0.3, -0.25) is 4.79 Å². The number of likely N-dealkylation sites (tertiary alicyclic amines) is 1. The minimum Gasteiger partial charge on any atom is -0.478 e. The van der Waals surface area contributed by atoms with Crippen molar-refractivity contribution in [1.29, 1.82) is 0 Å². The lowest BCUT2D eigenvalue weighted by Gasteiger charge is -2.24. The van der Waals surface area contributed by atoms with Crippen LogP contribution in [0.15, 0.2) is 60.7 Å². The highest BCUT2D eigenvalue weighted by Gasteiger charge is 2.49. The zero-order valence-corrected chi connectivity index (χ0v) is 18.0. The molecule has 2 N–H and O–H groups in total. The molecule has 1 saturated heterocycles. The molecule has 0 bridgehead atoms. The molecule has 2 fully saturated rings.